The minimum Gasteiger partial charge on any atom is -0.327 e. The van der Waals surface area contributed by atoms with Gasteiger partial charge in [0.15, 0.2) is 5.13 Å². The van der Waals surface area contributed by atoms with Crippen molar-refractivity contribution in [2.24, 2.45) is 0 Å². The Morgan fingerprint density at radius 2 is 1.81 bits per heavy atom. The van der Waals surface area contributed by atoms with Crippen LogP contribution >= 0.6 is 11.3 Å². The van der Waals surface area contributed by atoms with Crippen LogP contribution in [0.5, 0.6) is 0 Å². The highest BCUT2D eigenvalue weighted by molar-refractivity contribution is 7.89. The lowest BCUT2D eigenvalue weighted by Crippen LogP contribution is -2.43. The van der Waals surface area contributed by atoms with Gasteiger partial charge in [0.05, 0.1) is 4.90 Å². The number of amides is 2. The highest BCUT2D eigenvalue weighted by Gasteiger charge is 2.35. The van der Waals surface area contributed by atoms with Gasteiger partial charge in [-0.2, -0.15) is 4.31 Å². The number of carbonyl (C=O) groups excluding carboxylic acids is 2. The third-order valence-electron chi connectivity index (χ3n) is 6.35. The van der Waals surface area contributed by atoms with E-state index in [2.05, 4.69) is 10.3 Å². The number of anilines is 1. The summed E-state index contributed by atoms with van der Waals surface area (Å²) in [5.74, 6) is -0.523. The molecule has 1 N–H and O–H groups in total. The van der Waals surface area contributed by atoms with E-state index >= 15 is 0 Å². The summed E-state index contributed by atoms with van der Waals surface area (Å²) < 4.78 is 27.5. The number of nitrogens with one attached hydrogen (secondary N) is 1. The molecular formula is C22H28N4O4S2. The summed E-state index contributed by atoms with van der Waals surface area (Å²) in [4.78, 5) is 31.5. The van der Waals surface area contributed by atoms with E-state index in [4.69, 9.17) is 0 Å². The smallest absolute Gasteiger partial charge is 0.254 e. The standard InChI is InChI=1S/C22H28N4O4S2/c1-25(17-6-3-2-4-7-17)32(29,30)18-11-9-16(10-12-18)21(28)26-14-5-8-19(26)20(27)24-22-23-13-15-31-22/h9-13,15,17,19H,2-8,14H2,1H3,(H,23,24,27). The van der Waals surface area contributed by atoms with Crippen LogP contribution in [0.4, 0.5) is 5.13 Å². The number of hydrogen-bond acceptors (Lipinski definition) is 6. The van der Waals surface area contributed by atoms with Crippen molar-refractivity contribution in [3.8, 4) is 0 Å². The summed E-state index contributed by atoms with van der Waals surface area (Å²) in [5.41, 5.74) is 0.373. The predicted octanol–water partition coefficient (Wildman–Crippen LogP) is 3.34. The molecule has 0 spiro atoms. The Bertz CT molecular complexity index is 1050. The molecule has 8 nitrogen and oxygen atoms in total. The summed E-state index contributed by atoms with van der Waals surface area (Å²) >= 11 is 1.32. The zero-order valence-corrected chi connectivity index (χ0v) is 19.7. The minimum atomic E-state index is -3.61. The van der Waals surface area contributed by atoms with E-state index in [0.29, 0.717) is 23.7 Å². The summed E-state index contributed by atoms with van der Waals surface area (Å²) in [6, 6.07) is 5.52. The van der Waals surface area contributed by atoms with Gasteiger partial charge in [0, 0.05) is 36.8 Å². The second kappa shape index (κ2) is 9.68. The molecular weight excluding hydrogens is 448 g/mol. The molecule has 2 heterocycles. The van der Waals surface area contributed by atoms with E-state index < -0.39 is 16.1 Å². The number of carbonyl (C=O) groups is 2. The van der Waals surface area contributed by atoms with Crippen LogP contribution in [-0.4, -0.2) is 60.1 Å². The van der Waals surface area contributed by atoms with Crippen molar-refractivity contribution in [2.45, 2.75) is 61.9 Å². The van der Waals surface area contributed by atoms with Crippen molar-refractivity contribution in [2.75, 3.05) is 18.9 Å². The number of nitrogens with zero attached hydrogens (tertiary/aromatic N) is 3. The Morgan fingerprint density at radius 1 is 1.09 bits per heavy atom. The first kappa shape index (κ1) is 22.9. The van der Waals surface area contributed by atoms with Crippen LogP contribution in [-0.2, 0) is 14.8 Å². The molecule has 1 aromatic heterocycles. The third-order valence-corrected chi connectivity index (χ3v) is 8.96. The molecule has 1 saturated heterocycles. The molecule has 1 aliphatic carbocycles. The summed E-state index contributed by atoms with van der Waals surface area (Å²) in [5, 5.41) is 5.04. The fourth-order valence-electron chi connectivity index (χ4n) is 4.50. The van der Waals surface area contributed by atoms with Gasteiger partial charge in [0.1, 0.15) is 6.04 Å². The van der Waals surface area contributed by atoms with Crippen LogP contribution < -0.4 is 5.32 Å². The van der Waals surface area contributed by atoms with Crippen LogP contribution in [0.15, 0.2) is 40.7 Å². The average molecular weight is 477 g/mol. The largest absolute Gasteiger partial charge is 0.327 e. The van der Waals surface area contributed by atoms with Crippen molar-refractivity contribution in [3.05, 3.63) is 41.4 Å². The fourth-order valence-corrected chi connectivity index (χ4v) is 6.45. The maximum absolute atomic E-state index is 13.1. The Labute approximate surface area is 192 Å². The lowest BCUT2D eigenvalue weighted by molar-refractivity contribution is -0.119. The van der Waals surface area contributed by atoms with E-state index in [1.54, 1.807) is 23.5 Å². The SMILES string of the molecule is CN(C1CCCCC1)S(=O)(=O)c1ccc(C(=O)N2CCCC2C(=O)Nc2nccs2)cc1. The van der Waals surface area contributed by atoms with Crippen molar-refractivity contribution in [1.29, 1.82) is 0 Å². The number of thiazole rings is 1. The Morgan fingerprint density at radius 3 is 2.47 bits per heavy atom. The quantitative estimate of drug-likeness (QED) is 0.689. The summed E-state index contributed by atoms with van der Waals surface area (Å²) in [6.07, 6.45) is 7.94. The lowest BCUT2D eigenvalue weighted by atomic mass is 9.96. The minimum absolute atomic E-state index is 0.0248. The molecule has 2 aromatic rings. The first-order valence-electron chi connectivity index (χ1n) is 11.0. The van der Waals surface area contributed by atoms with Gasteiger partial charge in [0.2, 0.25) is 15.9 Å². The van der Waals surface area contributed by atoms with Gasteiger partial charge in [-0.05, 0) is 49.9 Å². The van der Waals surface area contributed by atoms with Crippen LogP contribution in [0.25, 0.3) is 0 Å². The Hall–Kier alpha value is -2.30. The van der Waals surface area contributed by atoms with E-state index in [1.807, 2.05) is 0 Å². The van der Waals surface area contributed by atoms with E-state index in [1.165, 1.54) is 39.9 Å². The molecule has 1 aromatic carbocycles. The van der Waals surface area contributed by atoms with E-state index in [-0.39, 0.29) is 22.8 Å². The fraction of sp³-hybridized carbons (Fsp3) is 0.500. The molecule has 32 heavy (non-hydrogen) atoms. The molecule has 10 heteroatoms. The highest BCUT2D eigenvalue weighted by atomic mass is 32.2. The van der Waals surface area contributed by atoms with Gasteiger partial charge < -0.3 is 10.2 Å². The first-order valence-corrected chi connectivity index (χ1v) is 13.3. The van der Waals surface area contributed by atoms with Gasteiger partial charge in [-0.15, -0.1) is 11.3 Å². The van der Waals surface area contributed by atoms with Crippen molar-refractivity contribution < 1.29 is 18.0 Å². The number of aromatic nitrogens is 1. The number of sulfonamides is 1. The van der Waals surface area contributed by atoms with Crippen LogP contribution in [0.2, 0.25) is 0 Å². The van der Waals surface area contributed by atoms with Gasteiger partial charge in [-0.3, -0.25) is 9.59 Å². The molecule has 1 aliphatic heterocycles. The molecule has 2 amide bonds. The zero-order chi connectivity index (χ0) is 22.7. The lowest BCUT2D eigenvalue weighted by Gasteiger charge is -2.30. The summed E-state index contributed by atoms with van der Waals surface area (Å²) in [7, 11) is -1.98. The number of rotatable bonds is 6. The topological polar surface area (TPSA) is 99.7 Å². The Balaban J connectivity index is 1.46. The monoisotopic (exact) mass is 476 g/mol. The summed E-state index contributed by atoms with van der Waals surface area (Å²) in [6.45, 7) is 0.485. The zero-order valence-electron chi connectivity index (χ0n) is 18.1. The van der Waals surface area contributed by atoms with Gasteiger partial charge in [-0.1, -0.05) is 19.3 Å². The highest BCUT2D eigenvalue weighted by Crippen LogP contribution is 2.27. The van der Waals surface area contributed by atoms with E-state index in [0.717, 1.165) is 38.5 Å². The van der Waals surface area contributed by atoms with Crippen molar-refractivity contribution in [1.82, 2.24) is 14.2 Å². The predicted molar refractivity (Wildman–Crippen MR) is 123 cm³/mol. The maximum atomic E-state index is 13.1. The molecule has 1 unspecified atom stereocenters. The molecule has 0 radical (unpaired) electrons. The molecule has 4 rings (SSSR count). The van der Waals surface area contributed by atoms with Gasteiger partial charge in [0.25, 0.3) is 5.91 Å². The molecule has 2 fully saturated rings. The first-order chi connectivity index (χ1) is 15.4. The average Bonchev–Trinajstić information content (AvgIpc) is 3.51. The van der Waals surface area contributed by atoms with Crippen molar-refractivity contribution >= 4 is 38.3 Å². The Kier molecular flexibility index (Phi) is 6.92. The molecule has 0 bridgehead atoms. The third kappa shape index (κ3) is 4.72. The van der Waals surface area contributed by atoms with Crippen molar-refractivity contribution in [3.63, 3.8) is 0 Å². The second-order valence-corrected chi connectivity index (χ2v) is 11.2. The molecule has 1 saturated carbocycles. The van der Waals surface area contributed by atoms with Gasteiger partial charge >= 0.3 is 0 Å². The van der Waals surface area contributed by atoms with Crippen LogP contribution in [0, 0.1) is 0 Å². The normalized spacial score (nSPS) is 19.9. The second-order valence-electron chi connectivity index (χ2n) is 8.32. The number of hydrogen-bond donors (Lipinski definition) is 1. The maximum Gasteiger partial charge on any atom is 0.254 e. The molecule has 2 aliphatic rings. The number of likely N-dealkylation sites (tertiary alicyclic amines) is 1. The molecule has 172 valence electrons. The number of benzene rings is 1. The van der Waals surface area contributed by atoms with Crippen LogP contribution in [0.1, 0.15) is 55.3 Å². The van der Waals surface area contributed by atoms with Crippen LogP contribution in [0.3, 0.4) is 0 Å². The molecule has 1 atom stereocenters. The van der Waals surface area contributed by atoms with E-state index in [9.17, 15) is 18.0 Å². The van der Waals surface area contributed by atoms with Gasteiger partial charge in [-0.25, -0.2) is 13.4 Å².